The number of rotatable bonds is 10. The lowest BCUT2D eigenvalue weighted by Gasteiger charge is -2.24. The first-order valence-electron chi connectivity index (χ1n) is 12.1. The molecule has 0 unspecified atom stereocenters. The molecular weight excluding hydrogens is 464 g/mol. The Labute approximate surface area is 211 Å². The minimum Gasteiger partial charge on any atom is -0.493 e. The second kappa shape index (κ2) is 12.4. The molecule has 36 heavy (non-hydrogen) atoms. The predicted octanol–water partition coefficient (Wildman–Crippen LogP) is 3.51. The van der Waals surface area contributed by atoms with Crippen LogP contribution in [0.25, 0.3) is 0 Å². The van der Waals surface area contributed by atoms with E-state index >= 15 is 0 Å². The van der Waals surface area contributed by atoms with Crippen LogP contribution in [-0.2, 0) is 9.47 Å². The number of anilines is 3. The highest BCUT2D eigenvalue weighted by Gasteiger charge is 2.20. The van der Waals surface area contributed by atoms with E-state index in [1.807, 2.05) is 39.0 Å². The minimum atomic E-state index is -0.671. The lowest BCUT2D eigenvalue weighted by Crippen LogP contribution is -2.33. The molecule has 0 atom stereocenters. The molecule has 1 fully saturated rings. The average molecular weight is 501 g/mol. The fourth-order valence-corrected chi connectivity index (χ4v) is 3.52. The van der Waals surface area contributed by atoms with Gasteiger partial charge in [0.2, 0.25) is 0 Å². The van der Waals surface area contributed by atoms with Gasteiger partial charge in [-0.15, -0.1) is 0 Å². The van der Waals surface area contributed by atoms with Gasteiger partial charge in [-0.05, 0) is 59.1 Å². The molecule has 0 radical (unpaired) electrons. The van der Waals surface area contributed by atoms with Crippen molar-refractivity contribution in [3.8, 4) is 5.75 Å². The first-order chi connectivity index (χ1) is 17.1. The van der Waals surface area contributed by atoms with Gasteiger partial charge in [0.05, 0.1) is 12.3 Å². The fraction of sp³-hybridized carbons (Fsp3) is 0.520. The van der Waals surface area contributed by atoms with Crippen LogP contribution in [0.4, 0.5) is 22.1 Å². The van der Waals surface area contributed by atoms with Crippen LogP contribution >= 0.6 is 0 Å². The summed E-state index contributed by atoms with van der Waals surface area (Å²) in [5.74, 6) is 0.815. The molecule has 1 saturated heterocycles. The summed E-state index contributed by atoms with van der Waals surface area (Å²) in [6.07, 6.45) is 1.89. The number of aryl methyl sites for hydroxylation is 1. The number of carbonyl (C=O) groups is 2. The highest BCUT2D eigenvalue weighted by molar-refractivity contribution is 5.96. The van der Waals surface area contributed by atoms with E-state index in [0.29, 0.717) is 55.7 Å². The molecule has 1 aromatic carbocycles. The molecule has 11 heteroatoms. The Bertz CT molecular complexity index is 1050. The van der Waals surface area contributed by atoms with Crippen molar-refractivity contribution in [2.45, 2.75) is 58.6 Å². The smallest absolute Gasteiger partial charge is 0.407 e. The highest BCUT2D eigenvalue weighted by atomic mass is 16.6. The Balaban J connectivity index is 1.60. The summed E-state index contributed by atoms with van der Waals surface area (Å²) < 4.78 is 16.4. The van der Waals surface area contributed by atoms with E-state index in [1.165, 1.54) is 0 Å². The van der Waals surface area contributed by atoms with Crippen LogP contribution in [0.1, 0.15) is 56.2 Å². The molecule has 0 saturated carbocycles. The number of hydrogen-bond acceptors (Lipinski definition) is 9. The van der Waals surface area contributed by atoms with Crippen molar-refractivity contribution in [2.24, 2.45) is 5.73 Å². The van der Waals surface area contributed by atoms with Gasteiger partial charge in [-0.3, -0.25) is 4.79 Å². The second-order valence-electron chi connectivity index (χ2n) is 9.53. The quantitative estimate of drug-likeness (QED) is 0.359. The lowest BCUT2D eigenvalue weighted by molar-refractivity contribution is 0.0525. The molecule has 0 spiro atoms. The van der Waals surface area contributed by atoms with Gasteiger partial charge in [-0.25, -0.2) is 14.8 Å². The Morgan fingerprint density at radius 1 is 1.17 bits per heavy atom. The summed E-state index contributed by atoms with van der Waals surface area (Å²) in [5, 5.41) is 9.25. The molecule has 0 aliphatic carbocycles. The Hall–Kier alpha value is -3.60. The molecule has 2 amide bonds. The van der Waals surface area contributed by atoms with Gasteiger partial charge in [0.1, 0.15) is 17.2 Å². The largest absolute Gasteiger partial charge is 0.493 e. The first-order valence-corrected chi connectivity index (χ1v) is 12.1. The van der Waals surface area contributed by atoms with Gasteiger partial charge >= 0.3 is 6.09 Å². The lowest BCUT2D eigenvalue weighted by atomic mass is 10.1. The van der Waals surface area contributed by atoms with Gasteiger partial charge in [-0.2, -0.15) is 0 Å². The van der Waals surface area contributed by atoms with Gasteiger partial charge in [0.15, 0.2) is 11.5 Å². The van der Waals surface area contributed by atoms with Crippen LogP contribution in [0.5, 0.6) is 5.75 Å². The van der Waals surface area contributed by atoms with Crippen molar-refractivity contribution in [1.82, 2.24) is 15.3 Å². The van der Waals surface area contributed by atoms with Crippen LogP contribution in [-0.4, -0.2) is 60.0 Å². The van der Waals surface area contributed by atoms with Crippen molar-refractivity contribution >= 4 is 29.3 Å². The second-order valence-corrected chi connectivity index (χ2v) is 9.53. The zero-order chi connectivity index (χ0) is 26.1. The number of ether oxygens (including phenoxy) is 3. The topological polar surface area (TPSA) is 150 Å². The number of primary amides is 1. The number of nitrogens with one attached hydrogen (secondary N) is 3. The van der Waals surface area contributed by atoms with Crippen LogP contribution in [0.3, 0.4) is 0 Å². The number of nitrogens with zero attached hydrogens (tertiary/aromatic N) is 2. The van der Waals surface area contributed by atoms with E-state index < -0.39 is 17.6 Å². The number of aromatic nitrogens is 2. The first kappa shape index (κ1) is 27.0. The van der Waals surface area contributed by atoms with Crippen molar-refractivity contribution in [1.29, 1.82) is 0 Å². The number of carbonyl (C=O) groups excluding carboxylic acids is 2. The van der Waals surface area contributed by atoms with Gasteiger partial charge in [0, 0.05) is 37.6 Å². The monoisotopic (exact) mass is 500 g/mol. The molecule has 1 aromatic heterocycles. The Morgan fingerprint density at radius 3 is 2.61 bits per heavy atom. The van der Waals surface area contributed by atoms with Crippen LogP contribution in [0.2, 0.25) is 0 Å². The maximum absolute atomic E-state index is 12.0. The third kappa shape index (κ3) is 8.56. The zero-order valence-electron chi connectivity index (χ0n) is 21.3. The van der Waals surface area contributed by atoms with E-state index in [1.54, 1.807) is 13.0 Å². The van der Waals surface area contributed by atoms with E-state index in [0.717, 1.165) is 12.8 Å². The van der Waals surface area contributed by atoms with E-state index in [2.05, 4.69) is 25.9 Å². The molecule has 1 aliphatic rings. The molecule has 2 aromatic rings. The molecule has 3 rings (SSSR count). The Morgan fingerprint density at radius 2 is 1.92 bits per heavy atom. The molecular formula is C25H36N6O5. The SMILES string of the molecule is Cc1nc(C(N)=O)c(Nc2cccc(OCCCNC(=O)OC(C)(C)C)c2)nc1NC1CCOCC1. The molecule has 196 valence electrons. The number of hydrogen-bond donors (Lipinski definition) is 4. The summed E-state index contributed by atoms with van der Waals surface area (Å²) >= 11 is 0. The average Bonchev–Trinajstić information content (AvgIpc) is 2.80. The van der Waals surface area contributed by atoms with Crippen molar-refractivity contribution in [3.05, 3.63) is 35.7 Å². The van der Waals surface area contributed by atoms with E-state index in [9.17, 15) is 9.59 Å². The van der Waals surface area contributed by atoms with Crippen LogP contribution in [0.15, 0.2) is 24.3 Å². The summed E-state index contributed by atoms with van der Waals surface area (Å²) in [5.41, 5.74) is 6.35. The number of nitrogens with two attached hydrogens (primary N) is 1. The summed E-state index contributed by atoms with van der Waals surface area (Å²) in [6, 6.07) is 7.48. The van der Waals surface area contributed by atoms with E-state index in [-0.39, 0.29) is 17.6 Å². The zero-order valence-corrected chi connectivity index (χ0v) is 21.3. The number of amides is 2. The van der Waals surface area contributed by atoms with Crippen LogP contribution < -0.4 is 26.4 Å². The van der Waals surface area contributed by atoms with Gasteiger partial charge in [-0.1, -0.05) is 6.07 Å². The third-order valence-electron chi connectivity index (χ3n) is 5.22. The number of alkyl carbamates (subject to hydrolysis) is 1. The summed E-state index contributed by atoms with van der Waals surface area (Å²) in [4.78, 5) is 32.8. The van der Waals surface area contributed by atoms with Gasteiger partial charge < -0.3 is 35.9 Å². The number of benzene rings is 1. The van der Waals surface area contributed by atoms with Crippen molar-refractivity contribution in [3.63, 3.8) is 0 Å². The molecule has 1 aliphatic heterocycles. The summed E-state index contributed by atoms with van der Waals surface area (Å²) in [7, 11) is 0. The van der Waals surface area contributed by atoms with E-state index in [4.69, 9.17) is 19.9 Å². The predicted molar refractivity (Wildman–Crippen MR) is 137 cm³/mol. The summed E-state index contributed by atoms with van der Waals surface area (Å²) in [6.45, 7) is 9.44. The fourth-order valence-electron chi connectivity index (χ4n) is 3.52. The van der Waals surface area contributed by atoms with Gasteiger partial charge in [0.25, 0.3) is 5.91 Å². The maximum Gasteiger partial charge on any atom is 0.407 e. The maximum atomic E-state index is 12.0. The molecule has 5 N–H and O–H groups in total. The van der Waals surface area contributed by atoms with Crippen LogP contribution in [0, 0.1) is 6.92 Å². The molecule has 11 nitrogen and oxygen atoms in total. The molecule has 0 bridgehead atoms. The normalized spacial score (nSPS) is 14.1. The third-order valence-corrected chi connectivity index (χ3v) is 5.22. The highest BCUT2D eigenvalue weighted by Crippen LogP contribution is 2.25. The van der Waals surface area contributed by atoms with Crippen molar-refractivity contribution in [2.75, 3.05) is 37.0 Å². The molecule has 2 heterocycles. The Kier molecular flexibility index (Phi) is 9.29. The van der Waals surface area contributed by atoms with Crippen molar-refractivity contribution < 1.29 is 23.8 Å². The minimum absolute atomic E-state index is 0.0598. The standard InChI is InChI=1S/C25H36N6O5/c1-16-22(29-17-9-13-34-14-10-17)31-23(20(28-16)21(26)32)30-18-7-5-8-19(15-18)35-12-6-11-27-24(33)36-25(2,3)4/h5,7-8,15,17H,6,9-14H2,1-4H3,(H2,26,32)(H,27,33)(H2,29,30,31).